The van der Waals surface area contributed by atoms with Gasteiger partial charge in [-0.05, 0) is 37.8 Å². The highest BCUT2D eigenvalue weighted by atomic mass is 16.2. The molecule has 20 heavy (non-hydrogen) atoms. The highest BCUT2D eigenvalue weighted by Crippen LogP contribution is 2.18. The van der Waals surface area contributed by atoms with E-state index in [-0.39, 0.29) is 0 Å². The number of hydrogen-bond donors (Lipinski definition) is 1. The van der Waals surface area contributed by atoms with E-state index >= 15 is 0 Å². The Morgan fingerprint density at radius 2 is 2.15 bits per heavy atom. The number of aromatic nitrogens is 1. The standard InChI is InChI=1S/C16H25N3O/c1-12(2)10-16(20)19-8-5-14(6-9-19)18-15-4-7-17-13(3)11-15/h4,7,11-12,14H,5-6,8-10H2,1-3H3,(H,17,18). The number of carbonyl (C=O) groups excluding carboxylic acids is 1. The summed E-state index contributed by atoms with van der Waals surface area (Å²) < 4.78 is 0. The maximum absolute atomic E-state index is 12.0. The van der Waals surface area contributed by atoms with Crippen LogP contribution in [0, 0.1) is 12.8 Å². The first kappa shape index (κ1) is 14.8. The van der Waals surface area contributed by atoms with Gasteiger partial charge in [0.15, 0.2) is 0 Å². The number of piperidine rings is 1. The fourth-order valence-corrected chi connectivity index (χ4v) is 2.62. The van der Waals surface area contributed by atoms with Crippen molar-refractivity contribution in [3.8, 4) is 0 Å². The lowest BCUT2D eigenvalue weighted by molar-refractivity contribution is -0.132. The SMILES string of the molecule is Cc1cc(NC2CCN(C(=O)CC(C)C)CC2)ccn1. The minimum absolute atomic E-state index is 0.304. The van der Waals surface area contributed by atoms with E-state index in [4.69, 9.17) is 0 Å². The topological polar surface area (TPSA) is 45.2 Å². The number of pyridine rings is 1. The maximum Gasteiger partial charge on any atom is 0.222 e. The molecule has 2 rings (SSSR count). The fraction of sp³-hybridized carbons (Fsp3) is 0.625. The average molecular weight is 275 g/mol. The van der Waals surface area contributed by atoms with E-state index in [9.17, 15) is 4.79 Å². The minimum Gasteiger partial charge on any atom is -0.382 e. The number of nitrogens with zero attached hydrogens (tertiary/aromatic N) is 2. The van der Waals surface area contributed by atoms with Crippen LogP contribution in [0.1, 0.15) is 38.8 Å². The van der Waals surface area contributed by atoms with Crippen molar-refractivity contribution in [2.24, 2.45) is 5.92 Å². The van der Waals surface area contributed by atoms with E-state index < -0.39 is 0 Å². The van der Waals surface area contributed by atoms with Gasteiger partial charge in [-0.3, -0.25) is 9.78 Å². The summed E-state index contributed by atoms with van der Waals surface area (Å²) in [6, 6.07) is 4.53. The summed E-state index contributed by atoms with van der Waals surface area (Å²) in [4.78, 5) is 18.2. The molecule has 0 saturated carbocycles. The van der Waals surface area contributed by atoms with Crippen LogP contribution in [-0.2, 0) is 4.79 Å². The van der Waals surface area contributed by atoms with Gasteiger partial charge in [0.1, 0.15) is 0 Å². The maximum atomic E-state index is 12.0. The van der Waals surface area contributed by atoms with Crippen molar-refractivity contribution in [1.82, 2.24) is 9.88 Å². The van der Waals surface area contributed by atoms with Gasteiger partial charge in [-0.1, -0.05) is 13.8 Å². The first-order chi connectivity index (χ1) is 9.54. The third-order valence-corrected chi connectivity index (χ3v) is 3.70. The Hall–Kier alpha value is -1.58. The molecule has 4 heteroatoms. The highest BCUT2D eigenvalue weighted by molar-refractivity contribution is 5.76. The van der Waals surface area contributed by atoms with E-state index in [1.165, 1.54) is 0 Å². The Morgan fingerprint density at radius 1 is 1.45 bits per heavy atom. The van der Waals surface area contributed by atoms with E-state index in [1.54, 1.807) is 0 Å². The second kappa shape index (κ2) is 6.73. The molecule has 4 nitrogen and oxygen atoms in total. The number of hydrogen-bond acceptors (Lipinski definition) is 3. The molecule has 0 bridgehead atoms. The Labute approximate surface area is 121 Å². The molecule has 0 aliphatic carbocycles. The predicted octanol–water partition coefficient (Wildman–Crippen LogP) is 2.84. The molecule has 1 N–H and O–H groups in total. The molecule has 0 spiro atoms. The molecule has 1 aliphatic heterocycles. The largest absolute Gasteiger partial charge is 0.382 e. The number of rotatable bonds is 4. The Morgan fingerprint density at radius 3 is 2.75 bits per heavy atom. The summed E-state index contributed by atoms with van der Waals surface area (Å²) >= 11 is 0. The lowest BCUT2D eigenvalue weighted by Gasteiger charge is -2.33. The molecule has 0 aromatic carbocycles. The molecular formula is C16H25N3O. The van der Waals surface area contributed by atoms with Crippen LogP contribution >= 0.6 is 0 Å². The lowest BCUT2D eigenvalue weighted by atomic mass is 10.0. The summed E-state index contributed by atoms with van der Waals surface area (Å²) in [7, 11) is 0. The first-order valence-corrected chi connectivity index (χ1v) is 7.51. The summed E-state index contributed by atoms with van der Waals surface area (Å²) in [5.74, 6) is 0.747. The molecule has 1 aromatic rings. The predicted molar refractivity (Wildman–Crippen MR) is 81.7 cm³/mol. The lowest BCUT2D eigenvalue weighted by Crippen LogP contribution is -2.42. The van der Waals surface area contributed by atoms with Gasteiger partial charge < -0.3 is 10.2 Å². The molecule has 0 unspecified atom stereocenters. The van der Waals surface area contributed by atoms with E-state index in [1.807, 2.05) is 24.1 Å². The van der Waals surface area contributed by atoms with Crippen molar-refractivity contribution in [3.63, 3.8) is 0 Å². The Kier molecular flexibility index (Phi) is 4.99. The molecule has 1 amide bonds. The van der Waals surface area contributed by atoms with Gasteiger partial charge in [0, 0.05) is 43.1 Å². The molecular weight excluding hydrogens is 250 g/mol. The molecule has 1 aliphatic rings. The molecule has 0 atom stereocenters. The van der Waals surface area contributed by atoms with Crippen molar-refractivity contribution < 1.29 is 4.79 Å². The van der Waals surface area contributed by atoms with Gasteiger partial charge in [0.05, 0.1) is 0 Å². The summed E-state index contributed by atoms with van der Waals surface area (Å²) in [5, 5.41) is 3.54. The van der Waals surface area contributed by atoms with Gasteiger partial charge >= 0.3 is 0 Å². The van der Waals surface area contributed by atoms with Gasteiger partial charge in [0.25, 0.3) is 0 Å². The van der Waals surface area contributed by atoms with Crippen molar-refractivity contribution >= 4 is 11.6 Å². The third-order valence-electron chi connectivity index (χ3n) is 3.70. The van der Waals surface area contributed by atoms with Gasteiger partial charge in [-0.25, -0.2) is 0 Å². The van der Waals surface area contributed by atoms with Gasteiger partial charge in [0.2, 0.25) is 5.91 Å². The van der Waals surface area contributed by atoms with E-state index in [2.05, 4.69) is 30.2 Å². The van der Waals surface area contributed by atoms with Crippen LogP contribution < -0.4 is 5.32 Å². The summed E-state index contributed by atoms with van der Waals surface area (Å²) in [6.45, 7) is 7.93. The zero-order valence-corrected chi connectivity index (χ0v) is 12.7. The minimum atomic E-state index is 0.304. The van der Waals surface area contributed by atoms with E-state index in [0.29, 0.717) is 24.3 Å². The zero-order chi connectivity index (χ0) is 14.5. The third kappa shape index (κ3) is 4.22. The van der Waals surface area contributed by atoms with Crippen molar-refractivity contribution in [2.45, 2.75) is 46.1 Å². The number of anilines is 1. The van der Waals surface area contributed by atoms with Crippen molar-refractivity contribution in [1.29, 1.82) is 0 Å². The average Bonchev–Trinajstić information content (AvgIpc) is 2.38. The number of aryl methyl sites for hydroxylation is 1. The smallest absolute Gasteiger partial charge is 0.222 e. The molecule has 1 aromatic heterocycles. The van der Waals surface area contributed by atoms with E-state index in [0.717, 1.165) is 37.3 Å². The zero-order valence-electron chi connectivity index (χ0n) is 12.7. The van der Waals surface area contributed by atoms with Crippen LogP contribution in [0.3, 0.4) is 0 Å². The Balaban J connectivity index is 1.81. The van der Waals surface area contributed by atoms with Gasteiger partial charge in [-0.15, -0.1) is 0 Å². The fourth-order valence-electron chi connectivity index (χ4n) is 2.62. The highest BCUT2D eigenvalue weighted by Gasteiger charge is 2.22. The van der Waals surface area contributed by atoms with Crippen molar-refractivity contribution in [2.75, 3.05) is 18.4 Å². The Bertz CT molecular complexity index is 451. The molecule has 1 saturated heterocycles. The second-order valence-electron chi connectivity index (χ2n) is 6.08. The first-order valence-electron chi connectivity index (χ1n) is 7.51. The van der Waals surface area contributed by atoms with Crippen LogP contribution in [0.2, 0.25) is 0 Å². The number of likely N-dealkylation sites (tertiary alicyclic amines) is 1. The van der Waals surface area contributed by atoms with Crippen LogP contribution in [-0.4, -0.2) is 34.9 Å². The van der Waals surface area contributed by atoms with Crippen LogP contribution in [0.15, 0.2) is 18.3 Å². The van der Waals surface area contributed by atoms with Gasteiger partial charge in [-0.2, -0.15) is 0 Å². The van der Waals surface area contributed by atoms with Crippen LogP contribution in [0.5, 0.6) is 0 Å². The molecule has 0 radical (unpaired) electrons. The van der Waals surface area contributed by atoms with Crippen LogP contribution in [0.25, 0.3) is 0 Å². The number of nitrogens with one attached hydrogen (secondary N) is 1. The molecule has 110 valence electrons. The normalized spacial score (nSPS) is 16.5. The molecule has 2 heterocycles. The number of carbonyl (C=O) groups is 1. The second-order valence-corrected chi connectivity index (χ2v) is 6.08. The summed E-state index contributed by atoms with van der Waals surface area (Å²) in [6.07, 6.45) is 4.54. The molecule has 1 fully saturated rings. The van der Waals surface area contributed by atoms with Crippen LogP contribution in [0.4, 0.5) is 5.69 Å². The monoisotopic (exact) mass is 275 g/mol. The summed E-state index contributed by atoms with van der Waals surface area (Å²) in [5.41, 5.74) is 2.16. The van der Waals surface area contributed by atoms with Crippen molar-refractivity contribution in [3.05, 3.63) is 24.0 Å². The quantitative estimate of drug-likeness (QED) is 0.919. The number of amides is 1.